The fourth-order valence-electron chi connectivity index (χ4n) is 4.26. The largest absolute Gasteiger partial charge is 0.616 e. The van der Waals surface area contributed by atoms with E-state index in [0.717, 1.165) is 31.4 Å². The lowest BCUT2D eigenvalue weighted by molar-refractivity contribution is -0.178. The second-order valence-electron chi connectivity index (χ2n) is 10.2. The summed E-state index contributed by atoms with van der Waals surface area (Å²) in [6, 6.07) is 0. The molecular weight excluding hydrogens is 511 g/mol. The van der Waals surface area contributed by atoms with Gasteiger partial charge < -0.3 is 28.8 Å². The minimum absolute atomic E-state index is 0.0831. The smallest absolute Gasteiger partial charge is 0.345 e. The highest BCUT2D eigenvalue weighted by molar-refractivity contribution is 7.92. The van der Waals surface area contributed by atoms with Gasteiger partial charge in [-0.2, -0.15) is 0 Å². The molecule has 0 aromatic rings. The van der Waals surface area contributed by atoms with Crippen molar-refractivity contribution < 1.29 is 33.6 Å². The van der Waals surface area contributed by atoms with Crippen LogP contribution in [0.4, 0.5) is 0 Å². The molecule has 0 saturated carbocycles. The normalized spacial score (nSPS) is 16.1. The van der Waals surface area contributed by atoms with Crippen LogP contribution in [0.15, 0.2) is 0 Å². The van der Waals surface area contributed by atoms with Crippen molar-refractivity contribution in [3.63, 3.8) is 0 Å². The van der Waals surface area contributed by atoms with Gasteiger partial charge in [-0.25, -0.2) is 4.79 Å². The maximum atomic E-state index is 13.1. The van der Waals surface area contributed by atoms with Gasteiger partial charge in [-0.15, -0.1) is 0 Å². The van der Waals surface area contributed by atoms with Crippen molar-refractivity contribution >= 4 is 25.6 Å². The van der Waals surface area contributed by atoms with Gasteiger partial charge in [-0.3, -0.25) is 0 Å². The van der Waals surface area contributed by atoms with Gasteiger partial charge in [0.1, 0.15) is 19.5 Å². The van der Waals surface area contributed by atoms with Crippen molar-refractivity contribution in [3.05, 3.63) is 0 Å². The van der Waals surface area contributed by atoms with Crippen molar-refractivity contribution in [1.29, 1.82) is 0 Å². The molecule has 0 fully saturated rings. The summed E-state index contributed by atoms with van der Waals surface area (Å²) in [4.78, 5) is 11.1. The van der Waals surface area contributed by atoms with E-state index in [4.69, 9.17) is 14.6 Å². The summed E-state index contributed by atoms with van der Waals surface area (Å²) in [5.41, 5.74) is 0. The van der Waals surface area contributed by atoms with Crippen molar-refractivity contribution in [2.75, 3.05) is 19.0 Å². The fraction of sp³-hybridized carbons (Fsp3) is 0.964. The Morgan fingerprint density at radius 1 is 0.838 bits per heavy atom. The number of carboxylic acids is 1. The van der Waals surface area contributed by atoms with Crippen molar-refractivity contribution in [2.45, 2.75) is 153 Å². The molecule has 0 saturated heterocycles. The Bertz CT molecular complexity index is 555. The maximum Gasteiger partial charge on any atom is 0.345 e. The van der Waals surface area contributed by atoms with Crippen LogP contribution in [-0.2, 0) is 30.0 Å². The van der Waals surface area contributed by atoms with E-state index >= 15 is 0 Å². The maximum absolute atomic E-state index is 13.1. The predicted molar refractivity (Wildman–Crippen MR) is 156 cm³/mol. The molecule has 0 aliphatic rings. The molecule has 37 heavy (non-hydrogen) atoms. The first kappa shape index (κ1) is 36.9. The van der Waals surface area contributed by atoms with Gasteiger partial charge in [-0.1, -0.05) is 109 Å². The third-order valence-electron chi connectivity index (χ3n) is 6.83. The standard InChI is InChI=1S/C28H57O7PS/c1-4-7-9-11-13-14-15-17-19-23-37(33)25(20-18-16-12-10-8-5-2)21-22-34-26(6-3)35-24-28(31,36-32)27(29)30/h25-26,31H,4-24,36H2,1-3H3,(H,29,30). The molecule has 0 heterocycles. The zero-order valence-electron chi connectivity index (χ0n) is 23.9. The van der Waals surface area contributed by atoms with Crippen LogP contribution in [-0.4, -0.2) is 56.6 Å². The number of aliphatic hydroxyl groups is 1. The van der Waals surface area contributed by atoms with Gasteiger partial charge in [0.05, 0.1) is 13.2 Å². The summed E-state index contributed by atoms with van der Waals surface area (Å²) in [7, 11) is -1.95. The highest BCUT2D eigenvalue weighted by atomic mass is 32.2. The van der Waals surface area contributed by atoms with E-state index in [0.29, 0.717) is 19.4 Å². The number of hydrogen-bond acceptors (Lipinski definition) is 6. The average molecular weight is 569 g/mol. The van der Waals surface area contributed by atoms with E-state index in [1.165, 1.54) is 77.0 Å². The first-order valence-electron chi connectivity index (χ1n) is 14.9. The number of carbonyl (C=O) groups is 1. The Kier molecular flexibility index (Phi) is 24.8. The topological polar surface area (TPSA) is 116 Å². The molecule has 0 aliphatic heterocycles. The van der Waals surface area contributed by atoms with Crippen LogP contribution in [0.3, 0.4) is 0 Å². The minimum Gasteiger partial charge on any atom is -0.616 e. The van der Waals surface area contributed by atoms with Gasteiger partial charge >= 0.3 is 5.97 Å². The molecule has 0 aromatic carbocycles. The van der Waals surface area contributed by atoms with Crippen molar-refractivity contribution in [2.24, 2.45) is 0 Å². The van der Waals surface area contributed by atoms with Crippen LogP contribution in [0.5, 0.6) is 0 Å². The molecule has 9 heteroatoms. The van der Waals surface area contributed by atoms with Gasteiger partial charge in [0.25, 0.3) is 0 Å². The summed E-state index contributed by atoms with van der Waals surface area (Å²) in [6.07, 6.45) is 19.8. The van der Waals surface area contributed by atoms with Gasteiger partial charge in [0.15, 0.2) is 6.29 Å². The van der Waals surface area contributed by atoms with Crippen LogP contribution < -0.4 is 0 Å². The van der Waals surface area contributed by atoms with E-state index in [2.05, 4.69) is 13.8 Å². The molecule has 0 aromatic heterocycles. The first-order valence-corrected chi connectivity index (χ1v) is 17.3. The lowest BCUT2D eigenvalue weighted by Gasteiger charge is -2.25. The molecule has 2 N–H and O–H groups in total. The molecule has 0 amide bonds. The third-order valence-corrected chi connectivity index (χ3v) is 9.54. The Hall–Kier alpha value is -0.110. The summed E-state index contributed by atoms with van der Waals surface area (Å²) in [5.74, 6) is -0.819. The lowest BCUT2D eigenvalue weighted by Crippen LogP contribution is -2.39. The van der Waals surface area contributed by atoms with E-state index in [-0.39, 0.29) is 5.25 Å². The van der Waals surface area contributed by atoms with E-state index < -0.39 is 43.8 Å². The summed E-state index contributed by atoms with van der Waals surface area (Å²) in [5, 5.41) is 16.7. The summed E-state index contributed by atoms with van der Waals surface area (Å²) < 4.78 is 35.5. The lowest BCUT2D eigenvalue weighted by atomic mass is 10.1. The molecule has 0 radical (unpaired) electrons. The fourth-order valence-corrected chi connectivity index (χ4v) is 6.14. The van der Waals surface area contributed by atoms with Gasteiger partial charge in [0.2, 0.25) is 5.34 Å². The molecule has 0 bridgehead atoms. The summed E-state index contributed by atoms with van der Waals surface area (Å²) >= 11 is -0.897. The van der Waals surface area contributed by atoms with E-state index in [1.54, 1.807) is 0 Å². The number of rotatable bonds is 28. The number of carboxylic acid groups (broad SMARTS) is 1. The quantitative estimate of drug-likeness (QED) is 0.0448. The SMILES string of the molecule is CCCCCCCCCCC[S+]([O-])C(CCCCCCCC)CCOC(CC)OCC(O)([PH2]=O)C(=O)O. The highest BCUT2D eigenvalue weighted by Crippen LogP contribution is 2.23. The Labute approximate surface area is 231 Å². The number of unbranched alkanes of at least 4 members (excludes halogenated alkanes) is 13. The molecule has 0 rings (SSSR count). The van der Waals surface area contributed by atoms with Crippen molar-refractivity contribution in [1.82, 2.24) is 0 Å². The second-order valence-corrected chi connectivity index (χ2v) is 13.3. The van der Waals surface area contributed by atoms with Gasteiger partial charge in [-0.05, 0) is 32.1 Å². The molecule has 0 spiro atoms. The van der Waals surface area contributed by atoms with E-state index in [1.807, 2.05) is 6.92 Å². The minimum atomic E-state index is -2.37. The Balaban J connectivity index is 4.51. The Morgan fingerprint density at radius 2 is 1.35 bits per heavy atom. The molecule has 5 unspecified atom stereocenters. The predicted octanol–water partition coefficient (Wildman–Crippen LogP) is 7.07. The van der Waals surface area contributed by atoms with Crippen molar-refractivity contribution in [3.8, 4) is 0 Å². The first-order chi connectivity index (χ1) is 17.8. The van der Waals surface area contributed by atoms with Crippen LogP contribution >= 0.6 is 8.46 Å². The molecule has 7 nitrogen and oxygen atoms in total. The molecule has 5 atom stereocenters. The second kappa shape index (κ2) is 24.9. The summed E-state index contributed by atoms with van der Waals surface area (Å²) in [6.45, 7) is 6.07. The average Bonchev–Trinajstić information content (AvgIpc) is 2.89. The number of aliphatic carboxylic acids is 1. The van der Waals surface area contributed by atoms with Crippen LogP contribution in [0.1, 0.15) is 136 Å². The molecule has 0 aliphatic carbocycles. The highest BCUT2D eigenvalue weighted by Gasteiger charge is 2.36. The van der Waals surface area contributed by atoms with Gasteiger partial charge in [0, 0.05) is 6.42 Å². The molecule has 222 valence electrons. The monoisotopic (exact) mass is 568 g/mol. The zero-order valence-corrected chi connectivity index (χ0v) is 25.9. The van der Waals surface area contributed by atoms with E-state index in [9.17, 15) is 19.0 Å². The molecular formula is C28H57O7PS. The zero-order chi connectivity index (χ0) is 27.8. The number of ether oxygens (including phenoxy) is 2. The third kappa shape index (κ3) is 19.6. The van der Waals surface area contributed by atoms with Crippen LogP contribution in [0.25, 0.3) is 0 Å². The number of hydrogen-bond donors (Lipinski definition) is 2. The van der Waals surface area contributed by atoms with Crippen LogP contribution in [0, 0.1) is 0 Å². The van der Waals surface area contributed by atoms with Crippen LogP contribution in [0.2, 0.25) is 0 Å². The Morgan fingerprint density at radius 3 is 1.84 bits per heavy atom.